The minimum Gasteiger partial charge on any atom is -0.458 e. The Kier molecular flexibility index (Phi) is 7.43. The average molecular weight is 883 g/mol. The third-order valence-electron chi connectivity index (χ3n) is 15.7. The van der Waals surface area contributed by atoms with Gasteiger partial charge in [-0.1, -0.05) is 84.9 Å². The fourth-order valence-electron chi connectivity index (χ4n) is 13.0. The SMILES string of the molecule is c1cc2c(c(N3c4cccc5c4B(c4cc6cc7c(cc6cc4O5)Oc4cccc5c4B7c4c(sc6ccccc46)N5c4cccc5c4CCCC5)c4c3sc3ccccc43)c1)CCCC2. The highest BCUT2D eigenvalue weighted by molar-refractivity contribution is 7.27. The molecule has 0 amide bonds. The quantitative estimate of drug-likeness (QED) is 0.162. The Morgan fingerprint density at radius 3 is 1.35 bits per heavy atom. The van der Waals surface area contributed by atoms with E-state index in [9.17, 15) is 0 Å². The van der Waals surface area contributed by atoms with Crippen molar-refractivity contribution in [3.63, 3.8) is 0 Å². The zero-order valence-corrected chi connectivity index (χ0v) is 37.8. The maximum absolute atomic E-state index is 7.11. The molecule has 0 radical (unpaired) electrons. The predicted molar refractivity (Wildman–Crippen MR) is 280 cm³/mol. The lowest BCUT2D eigenvalue weighted by Crippen LogP contribution is -2.59. The Hall–Kier alpha value is -6.73. The van der Waals surface area contributed by atoms with Crippen LogP contribution in [0.2, 0.25) is 0 Å². The topological polar surface area (TPSA) is 24.9 Å². The van der Waals surface area contributed by atoms with Crippen LogP contribution in [-0.2, 0) is 25.7 Å². The number of aryl methyl sites for hydroxylation is 2. The zero-order chi connectivity index (χ0) is 42.8. The van der Waals surface area contributed by atoms with Gasteiger partial charge in [0.25, 0.3) is 13.4 Å². The molecule has 0 atom stereocenters. The summed E-state index contributed by atoms with van der Waals surface area (Å²) in [6.07, 6.45) is 9.50. The molecule has 2 aromatic heterocycles. The number of hydrogen-bond acceptors (Lipinski definition) is 6. The number of thiophene rings is 2. The van der Waals surface area contributed by atoms with Crippen LogP contribution in [0.1, 0.15) is 47.9 Å². The Labute approximate surface area is 391 Å². The lowest BCUT2D eigenvalue weighted by atomic mass is 9.33. The molecule has 0 saturated heterocycles. The van der Waals surface area contributed by atoms with Gasteiger partial charge in [0.1, 0.15) is 23.0 Å². The van der Waals surface area contributed by atoms with Crippen molar-refractivity contribution in [1.82, 2.24) is 0 Å². The van der Waals surface area contributed by atoms with Crippen molar-refractivity contribution in [2.24, 2.45) is 0 Å². The first-order valence-corrected chi connectivity index (χ1v) is 25.4. The molecule has 0 fully saturated rings. The molecule has 10 aromatic rings. The van der Waals surface area contributed by atoms with Crippen molar-refractivity contribution in [3.05, 3.63) is 168 Å². The molecule has 4 aliphatic heterocycles. The minimum atomic E-state index is 0.0124. The highest BCUT2D eigenvalue weighted by Crippen LogP contribution is 2.50. The molecule has 4 nitrogen and oxygen atoms in total. The minimum absolute atomic E-state index is 0.0124. The standard InChI is InChI=1S/C58H40B2N2O2S2/c1-3-17-37-33(13-1)15-9-21-43(37)61-45-23-11-25-47-55(45)59(53-39-19-5-7-27-51(39)65-57(53)61)41-29-35-30-42-50(32-36(35)31-49(41)63-47)64-48-26-12-24-46-56(48)60(42)54-40-20-6-8-28-52(40)66-58(54)62(46)44-22-10-16-34-14-2-4-18-38(34)44/h5-12,15-16,19-32H,1-4,13-14,17-18H2. The van der Waals surface area contributed by atoms with Crippen molar-refractivity contribution < 1.29 is 9.47 Å². The van der Waals surface area contributed by atoms with Crippen LogP contribution in [0, 0.1) is 0 Å². The fourth-order valence-corrected chi connectivity index (χ4v) is 15.5. The predicted octanol–water partition coefficient (Wildman–Crippen LogP) is 11.8. The van der Waals surface area contributed by atoms with E-state index in [2.05, 4.69) is 155 Å². The summed E-state index contributed by atoms with van der Waals surface area (Å²) in [5, 5.41) is 7.64. The van der Waals surface area contributed by atoms with Crippen LogP contribution in [-0.4, -0.2) is 13.4 Å². The Balaban J connectivity index is 0.916. The molecular weight excluding hydrogens is 842 g/mol. The van der Waals surface area contributed by atoms with Crippen LogP contribution in [0.5, 0.6) is 23.0 Å². The van der Waals surface area contributed by atoms with E-state index in [1.54, 1.807) is 0 Å². The maximum Gasteiger partial charge on any atom is 0.258 e. The monoisotopic (exact) mass is 882 g/mol. The number of ether oxygens (including phenoxy) is 2. The Morgan fingerprint density at radius 2 is 0.833 bits per heavy atom. The van der Waals surface area contributed by atoms with Gasteiger partial charge in [-0.2, -0.15) is 0 Å². The first kappa shape index (κ1) is 36.5. The van der Waals surface area contributed by atoms with Crippen LogP contribution < -0.4 is 52.1 Å². The molecule has 16 rings (SSSR count). The van der Waals surface area contributed by atoms with E-state index in [0.29, 0.717) is 0 Å². The van der Waals surface area contributed by atoms with E-state index in [0.717, 1.165) is 54.1 Å². The molecule has 2 aliphatic carbocycles. The largest absolute Gasteiger partial charge is 0.458 e. The van der Waals surface area contributed by atoms with Gasteiger partial charge in [-0.15, -0.1) is 22.7 Å². The van der Waals surface area contributed by atoms with Crippen LogP contribution in [0.25, 0.3) is 30.9 Å². The van der Waals surface area contributed by atoms with Crippen LogP contribution in [0.15, 0.2) is 146 Å². The Bertz CT molecular complexity index is 3550. The first-order chi connectivity index (χ1) is 32.7. The van der Waals surface area contributed by atoms with Crippen molar-refractivity contribution in [2.75, 3.05) is 9.80 Å². The van der Waals surface area contributed by atoms with E-state index in [1.165, 1.54) is 139 Å². The van der Waals surface area contributed by atoms with Crippen LogP contribution in [0.3, 0.4) is 0 Å². The van der Waals surface area contributed by atoms with E-state index >= 15 is 0 Å². The highest BCUT2D eigenvalue weighted by Gasteiger charge is 2.47. The molecule has 66 heavy (non-hydrogen) atoms. The number of anilines is 6. The summed E-state index contributed by atoms with van der Waals surface area (Å²) in [5.74, 6) is 3.74. The van der Waals surface area contributed by atoms with E-state index in [1.807, 2.05) is 22.7 Å². The molecule has 6 aliphatic rings. The first-order valence-electron chi connectivity index (χ1n) is 23.8. The molecule has 6 heterocycles. The molecule has 0 N–H and O–H groups in total. The normalized spacial score (nSPS) is 15.8. The second-order valence-corrected chi connectivity index (χ2v) is 21.2. The lowest BCUT2D eigenvalue weighted by molar-refractivity contribution is 0.486. The van der Waals surface area contributed by atoms with Crippen molar-refractivity contribution in [2.45, 2.75) is 51.4 Å². The smallest absolute Gasteiger partial charge is 0.258 e. The van der Waals surface area contributed by atoms with Crippen molar-refractivity contribution >= 4 is 133 Å². The summed E-state index contributed by atoms with van der Waals surface area (Å²) >= 11 is 3.87. The van der Waals surface area contributed by atoms with Gasteiger partial charge in [-0.3, -0.25) is 0 Å². The number of rotatable bonds is 2. The molecule has 8 aromatic carbocycles. The lowest BCUT2D eigenvalue weighted by Gasteiger charge is -2.40. The van der Waals surface area contributed by atoms with Gasteiger partial charge in [-0.05, 0) is 189 Å². The molecule has 312 valence electrons. The van der Waals surface area contributed by atoms with Gasteiger partial charge in [0.15, 0.2) is 0 Å². The number of benzene rings is 8. The Morgan fingerprint density at radius 1 is 0.394 bits per heavy atom. The van der Waals surface area contributed by atoms with Gasteiger partial charge < -0.3 is 19.3 Å². The number of hydrogen-bond donors (Lipinski definition) is 0. The van der Waals surface area contributed by atoms with E-state index < -0.39 is 0 Å². The summed E-state index contributed by atoms with van der Waals surface area (Å²) in [6.45, 7) is 0.0247. The number of nitrogens with zero attached hydrogens (tertiary/aromatic N) is 2. The molecule has 8 heteroatoms. The third kappa shape index (κ3) is 4.85. The van der Waals surface area contributed by atoms with Crippen LogP contribution in [0.4, 0.5) is 32.8 Å². The van der Waals surface area contributed by atoms with Crippen molar-refractivity contribution in [1.29, 1.82) is 0 Å². The maximum atomic E-state index is 7.11. The van der Waals surface area contributed by atoms with E-state index in [4.69, 9.17) is 9.47 Å². The summed E-state index contributed by atoms with van der Waals surface area (Å²) in [5.41, 5.74) is 18.8. The van der Waals surface area contributed by atoms with E-state index in [-0.39, 0.29) is 13.4 Å². The second-order valence-electron chi connectivity index (χ2n) is 19.1. The fraction of sp³-hybridized carbons (Fsp3) is 0.138. The zero-order valence-electron chi connectivity index (χ0n) is 36.2. The van der Waals surface area contributed by atoms with Gasteiger partial charge >= 0.3 is 0 Å². The molecule has 0 bridgehead atoms. The molecule has 0 spiro atoms. The second kappa shape index (κ2) is 13.4. The summed E-state index contributed by atoms with van der Waals surface area (Å²) in [4.78, 5) is 5.19. The van der Waals surface area contributed by atoms with Crippen LogP contribution >= 0.6 is 22.7 Å². The molecule has 0 unspecified atom stereocenters. The third-order valence-corrected chi connectivity index (χ3v) is 18.1. The van der Waals surface area contributed by atoms with Gasteiger partial charge in [-0.25, -0.2) is 0 Å². The average Bonchev–Trinajstić information content (AvgIpc) is 3.94. The number of fused-ring (bicyclic) bond motifs is 15. The van der Waals surface area contributed by atoms with Crippen molar-refractivity contribution in [3.8, 4) is 23.0 Å². The molecular formula is C58H40B2N2O2S2. The highest BCUT2D eigenvalue weighted by atomic mass is 32.1. The summed E-state index contributed by atoms with van der Waals surface area (Å²) in [6, 6.07) is 55.0. The summed E-state index contributed by atoms with van der Waals surface area (Å²) in [7, 11) is 0. The van der Waals surface area contributed by atoms with Gasteiger partial charge in [0, 0.05) is 20.8 Å². The summed E-state index contributed by atoms with van der Waals surface area (Å²) < 4.78 is 16.9. The molecule has 0 saturated carbocycles. The van der Waals surface area contributed by atoms with Gasteiger partial charge in [0.2, 0.25) is 0 Å². The van der Waals surface area contributed by atoms with Gasteiger partial charge in [0.05, 0.1) is 21.4 Å².